The van der Waals surface area contributed by atoms with Gasteiger partial charge in [-0.15, -0.1) is 6.58 Å². The average molecular weight is 705 g/mol. The van der Waals surface area contributed by atoms with E-state index in [-0.39, 0.29) is 36.7 Å². The number of rotatable bonds is 24. The molecular formula is C39H64O9Si. The zero-order valence-corrected chi connectivity index (χ0v) is 33.0. The predicted octanol–water partition coefficient (Wildman–Crippen LogP) is 7.63. The van der Waals surface area contributed by atoms with Crippen LogP contribution in [0, 0.1) is 11.8 Å². The average Bonchev–Trinajstić information content (AvgIpc) is 3.00. The van der Waals surface area contributed by atoms with Gasteiger partial charge >= 0.3 is 5.97 Å². The van der Waals surface area contributed by atoms with Gasteiger partial charge in [0.1, 0.15) is 24.1 Å². The molecule has 1 N–H and O–H groups in total. The zero-order chi connectivity index (χ0) is 37.4. The largest absolute Gasteiger partial charge is 0.497 e. The molecular weight excluding hydrogens is 641 g/mol. The fourth-order valence-corrected chi connectivity index (χ4v) is 6.02. The molecule has 0 fully saturated rings. The molecule has 1 rings (SSSR count). The van der Waals surface area contributed by atoms with Crippen LogP contribution in [0.2, 0.25) is 18.1 Å². The van der Waals surface area contributed by atoms with Crippen LogP contribution in [0.25, 0.3) is 0 Å². The third-order valence-electron chi connectivity index (χ3n) is 9.01. The molecule has 0 aliphatic carbocycles. The molecule has 1 aromatic carbocycles. The molecule has 6 atom stereocenters. The molecule has 0 unspecified atom stereocenters. The first-order valence-electron chi connectivity index (χ1n) is 17.1. The van der Waals surface area contributed by atoms with Crippen molar-refractivity contribution in [1.82, 2.24) is 0 Å². The molecule has 9 nitrogen and oxygen atoms in total. The number of hydrogen-bond acceptors (Lipinski definition) is 9. The van der Waals surface area contributed by atoms with Gasteiger partial charge in [-0.25, -0.2) is 0 Å². The van der Waals surface area contributed by atoms with E-state index in [1.807, 2.05) is 64.1 Å². The number of carbonyl (C=O) groups excluding carboxylic acids is 2. The summed E-state index contributed by atoms with van der Waals surface area (Å²) in [4.78, 5) is 26.0. The lowest BCUT2D eigenvalue weighted by molar-refractivity contribution is -0.153. The SMILES string of the molecule is C=C(C)COC/C=C/[C@@H](OC)[C@@H](C)[C@H](OCc1ccc(OC)cc1)[C@H](C)[C@@H](O)CC(=O)CC(=O)O[C@@H](CO[Si](C)(C)C(C)(C)C)CC(=C)C. The molecule has 0 spiro atoms. The number of ether oxygens (including phenoxy) is 5. The minimum atomic E-state index is -2.08. The molecule has 0 heterocycles. The molecule has 10 heteroatoms. The van der Waals surface area contributed by atoms with E-state index in [4.69, 9.17) is 28.1 Å². The maximum atomic E-state index is 13.1. The van der Waals surface area contributed by atoms with Crippen LogP contribution >= 0.6 is 0 Å². The molecule has 0 bridgehead atoms. The van der Waals surface area contributed by atoms with Crippen LogP contribution in [0.3, 0.4) is 0 Å². The van der Waals surface area contributed by atoms with Crippen molar-refractivity contribution in [3.63, 3.8) is 0 Å². The lowest BCUT2D eigenvalue weighted by Crippen LogP contribution is -2.43. The summed E-state index contributed by atoms with van der Waals surface area (Å²) in [6, 6.07) is 7.56. The Hall–Kier alpha value is -2.60. The normalized spacial score (nSPS) is 16.0. The minimum Gasteiger partial charge on any atom is -0.497 e. The first-order valence-corrected chi connectivity index (χ1v) is 20.1. The van der Waals surface area contributed by atoms with Gasteiger partial charge in [0, 0.05) is 31.8 Å². The van der Waals surface area contributed by atoms with Crippen LogP contribution in [-0.2, 0) is 39.6 Å². The zero-order valence-electron chi connectivity index (χ0n) is 32.0. The number of methoxy groups -OCH3 is 2. The van der Waals surface area contributed by atoms with Crippen molar-refractivity contribution in [2.75, 3.05) is 34.0 Å². The number of carbonyl (C=O) groups is 2. The topological polar surface area (TPSA) is 110 Å². The lowest BCUT2D eigenvalue weighted by atomic mass is 9.84. The maximum Gasteiger partial charge on any atom is 0.313 e. The Labute approximate surface area is 297 Å². The summed E-state index contributed by atoms with van der Waals surface area (Å²) in [7, 11) is 1.15. The van der Waals surface area contributed by atoms with E-state index < -0.39 is 50.7 Å². The van der Waals surface area contributed by atoms with Gasteiger partial charge < -0.3 is 33.2 Å². The second kappa shape index (κ2) is 21.6. The lowest BCUT2D eigenvalue weighted by Gasteiger charge is -2.37. The molecule has 0 aromatic heterocycles. The molecule has 49 heavy (non-hydrogen) atoms. The van der Waals surface area contributed by atoms with E-state index in [1.54, 1.807) is 14.2 Å². The maximum absolute atomic E-state index is 13.1. The summed E-state index contributed by atoms with van der Waals surface area (Å²) in [5.74, 6) is -1.01. The summed E-state index contributed by atoms with van der Waals surface area (Å²) in [5.41, 5.74) is 2.72. The Morgan fingerprint density at radius 3 is 2.14 bits per heavy atom. The van der Waals surface area contributed by atoms with Crippen molar-refractivity contribution in [3.8, 4) is 5.75 Å². The van der Waals surface area contributed by atoms with Gasteiger partial charge in [0.15, 0.2) is 8.32 Å². The second-order valence-corrected chi connectivity index (χ2v) is 19.6. The molecule has 1 aromatic rings. The number of hydrogen-bond donors (Lipinski definition) is 1. The summed E-state index contributed by atoms with van der Waals surface area (Å²) in [5, 5.41) is 11.3. The monoisotopic (exact) mass is 704 g/mol. The number of esters is 1. The van der Waals surface area contributed by atoms with Gasteiger partial charge in [0.2, 0.25) is 0 Å². The smallest absolute Gasteiger partial charge is 0.313 e. The highest BCUT2D eigenvalue weighted by molar-refractivity contribution is 6.74. The van der Waals surface area contributed by atoms with E-state index in [0.717, 1.165) is 22.5 Å². The summed E-state index contributed by atoms with van der Waals surface area (Å²) in [6.45, 7) is 27.5. The highest BCUT2D eigenvalue weighted by atomic mass is 28.4. The molecule has 0 amide bonds. The Bertz CT molecular complexity index is 1200. The van der Waals surface area contributed by atoms with E-state index in [1.165, 1.54) is 0 Å². The molecule has 0 radical (unpaired) electrons. The Kier molecular flexibility index (Phi) is 19.6. The standard InChI is InChI=1S/C39H64O9Si/c1-27(2)21-34(26-47-49(12,13)39(7,8)9)48-37(42)23-32(40)22-35(41)29(5)38(46-25-31-16-18-33(43-10)19-17-31)30(6)36(44-11)15-14-20-45-24-28(3)4/h14-19,29-30,34-36,38,41H,1,3,20-26H2,2,4-13H3/b15-14+/t29-,30-,34-,35+,36-,38-/m1/s1. The number of ketones is 1. The van der Waals surface area contributed by atoms with Crippen LogP contribution in [0.4, 0.5) is 0 Å². The molecule has 0 saturated carbocycles. The third-order valence-corrected chi connectivity index (χ3v) is 13.5. The van der Waals surface area contributed by atoms with E-state index >= 15 is 0 Å². The van der Waals surface area contributed by atoms with Gasteiger partial charge in [-0.2, -0.15) is 0 Å². The number of aliphatic hydroxyl groups excluding tert-OH is 1. The second-order valence-electron chi connectivity index (χ2n) is 14.8. The van der Waals surface area contributed by atoms with Gasteiger partial charge in [-0.3, -0.25) is 9.59 Å². The first kappa shape index (κ1) is 44.4. The fourth-order valence-electron chi connectivity index (χ4n) is 4.98. The number of benzene rings is 1. The number of Topliss-reactive ketones (excluding diaryl/α,β-unsaturated/α-hetero) is 1. The molecule has 278 valence electrons. The summed E-state index contributed by atoms with van der Waals surface area (Å²) in [6.07, 6.45) is 1.11. The van der Waals surface area contributed by atoms with Gasteiger partial charge in [-0.1, -0.05) is 76.6 Å². The van der Waals surface area contributed by atoms with Crippen molar-refractivity contribution < 1.29 is 42.8 Å². The van der Waals surface area contributed by atoms with Crippen molar-refractivity contribution in [3.05, 3.63) is 66.3 Å². The van der Waals surface area contributed by atoms with Crippen LogP contribution in [0.5, 0.6) is 5.75 Å². The number of aliphatic hydroxyl groups is 1. The third kappa shape index (κ3) is 16.8. The van der Waals surface area contributed by atoms with E-state index in [0.29, 0.717) is 19.6 Å². The first-order chi connectivity index (χ1) is 22.8. The van der Waals surface area contributed by atoms with Crippen LogP contribution in [-0.4, -0.2) is 83.6 Å². The van der Waals surface area contributed by atoms with Crippen LogP contribution in [0.1, 0.15) is 73.3 Å². The summed E-state index contributed by atoms with van der Waals surface area (Å²) < 4.78 is 35.1. The Morgan fingerprint density at radius 1 is 0.980 bits per heavy atom. The van der Waals surface area contributed by atoms with Crippen molar-refractivity contribution in [2.45, 2.75) is 117 Å². The van der Waals surface area contributed by atoms with Crippen LogP contribution < -0.4 is 4.74 Å². The molecule has 0 aliphatic heterocycles. The van der Waals surface area contributed by atoms with Gasteiger partial charge in [0.05, 0.1) is 51.8 Å². The van der Waals surface area contributed by atoms with E-state index in [9.17, 15) is 14.7 Å². The fraction of sp³-hybridized carbons (Fsp3) is 0.641. The van der Waals surface area contributed by atoms with Crippen molar-refractivity contribution in [1.29, 1.82) is 0 Å². The van der Waals surface area contributed by atoms with E-state index in [2.05, 4.69) is 47.0 Å². The van der Waals surface area contributed by atoms with Gasteiger partial charge in [-0.05, 0) is 49.7 Å². The Balaban J connectivity index is 3.01. The predicted molar refractivity (Wildman–Crippen MR) is 198 cm³/mol. The Morgan fingerprint density at radius 2 is 1.61 bits per heavy atom. The van der Waals surface area contributed by atoms with Crippen molar-refractivity contribution >= 4 is 20.1 Å². The summed E-state index contributed by atoms with van der Waals surface area (Å²) >= 11 is 0. The van der Waals surface area contributed by atoms with Crippen molar-refractivity contribution in [2.24, 2.45) is 11.8 Å². The van der Waals surface area contributed by atoms with Crippen LogP contribution in [0.15, 0.2) is 60.7 Å². The molecule has 0 aliphatic rings. The van der Waals surface area contributed by atoms with Gasteiger partial charge in [0.25, 0.3) is 0 Å². The minimum absolute atomic E-state index is 0.000124. The quantitative estimate of drug-likeness (QED) is 0.0382. The molecule has 0 saturated heterocycles. The highest BCUT2D eigenvalue weighted by Gasteiger charge is 2.38. The highest BCUT2D eigenvalue weighted by Crippen LogP contribution is 2.37.